The highest BCUT2D eigenvalue weighted by Gasteiger charge is 2.10. The topological polar surface area (TPSA) is 77.7 Å². The number of methoxy groups -OCH3 is 1. The highest BCUT2D eigenvalue weighted by atomic mass is 16.5. The molecular weight excluding hydrogens is 270 g/mol. The lowest BCUT2D eigenvalue weighted by atomic mass is 10.2. The van der Waals surface area contributed by atoms with Crippen molar-refractivity contribution in [2.24, 2.45) is 0 Å². The quantitative estimate of drug-likeness (QED) is 0.872. The van der Waals surface area contributed by atoms with Gasteiger partial charge in [-0.05, 0) is 18.2 Å². The molecule has 21 heavy (non-hydrogen) atoms. The largest absolute Gasteiger partial charge is 0.493 e. The molecule has 110 valence electrons. The van der Waals surface area contributed by atoms with Gasteiger partial charge in [-0.2, -0.15) is 0 Å². The van der Waals surface area contributed by atoms with Gasteiger partial charge in [0.15, 0.2) is 11.5 Å². The summed E-state index contributed by atoms with van der Waals surface area (Å²) in [5.41, 5.74) is 6.76. The van der Waals surface area contributed by atoms with Crippen LogP contribution in [0.15, 0.2) is 36.5 Å². The number of nitrogen functional groups attached to an aromatic ring is 1. The van der Waals surface area contributed by atoms with Crippen LogP contribution in [0, 0.1) is 0 Å². The number of carbonyl (C=O) groups excluding carboxylic acids is 1. The summed E-state index contributed by atoms with van der Waals surface area (Å²) >= 11 is 0. The molecule has 0 saturated heterocycles. The number of hydrogen-bond donors (Lipinski definition) is 1. The van der Waals surface area contributed by atoms with Gasteiger partial charge in [0.25, 0.3) is 5.91 Å². The summed E-state index contributed by atoms with van der Waals surface area (Å²) in [5.74, 6) is 1.28. The van der Waals surface area contributed by atoms with E-state index in [0.717, 1.165) is 0 Å². The first-order valence-electron chi connectivity index (χ1n) is 6.30. The molecule has 1 heterocycles. The lowest BCUT2D eigenvalue weighted by Gasteiger charge is -2.12. The van der Waals surface area contributed by atoms with Gasteiger partial charge in [-0.3, -0.25) is 4.79 Å². The Morgan fingerprint density at radius 1 is 1.19 bits per heavy atom. The average Bonchev–Trinajstić information content (AvgIpc) is 2.49. The average molecular weight is 287 g/mol. The Kier molecular flexibility index (Phi) is 4.27. The zero-order valence-corrected chi connectivity index (χ0v) is 12.2. The minimum absolute atomic E-state index is 0.112. The number of ether oxygens (including phenoxy) is 2. The number of rotatable bonds is 4. The first kappa shape index (κ1) is 14.6. The van der Waals surface area contributed by atoms with Crippen LogP contribution >= 0.6 is 0 Å². The van der Waals surface area contributed by atoms with E-state index in [2.05, 4.69) is 4.98 Å². The molecule has 1 aromatic heterocycles. The van der Waals surface area contributed by atoms with E-state index in [9.17, 15) is 4.79 Å². The van der Waals surface area contributed by atoms with E-state index in [-0.39, 0.29) is 5.91 Å². The van der Waals surface area contributed by atoms with Crippen LogP contribution in [0.3, 0.4) is 0 Å². The molecule has 0 spiro atoms. The van der Waals surface area contributed by atoms with E-state index in [1.54, 1.807) is 44.4 Å². The third-order valence-corrected chi connectivity index (χ3v) is 2.79. The van der Waals surface area contributed by atoms with E-state index in [1.807, 2.05) is 0 Å². The van der Waals surface area contributed by atoms with Crippen LogP contribution < -0.4 is 15.2 Å². The molecule has 0 bridgehead atoms. The molecule has 0 fully saturated rings. The molecule has 6 nitrogen and oxygen atoms in total. The molecule has 1 aromatic carbocycles. The summed E-state index contributed by atoms with van der Waals surface area (Å²) < 4.78 is 10.8. The predicted molar refractivity (Wildman–Crippen MR) is 79.7 cm³/mol. The summed E-state index contributed by atoms with van der Waals surface area (Å²) in [7, 11) is 4.91. The van der Waals surface area contributed by atoms with Crippen LogP contribution in [-0.4, -0.2) is 37.0 Å². The van der Waals surface area contributed by atoms with Gasteiger partial charge in [-0.1, -0.05) is 0 Å². The van der Waals surface area contributed by atoms with E-state index in [0.29, 0.717) is 28.6 Å². The van der Waals surface area contributed by atoms with Crippen molar-refractivity contribution in [2.45, 2.75) is 0 Å². The van der Waals surface area contributed by atoms with Crippen LogP contribution in [0.4, 0.5) is 5.69 Å². The van der Waals surface area contributed by atoms with Crippen LogP contribution in [-0.2, 0) is 0 Å². The van der Waals surface area contributed by atoms with Crippen molar-refractivity contribution in [2.75, 3.05) is 26.9 Å². The second-order valence-corrected chi connectivity index (χ2v) is 4.60. The zero-order chi connectivity index (χ0) is 15.4. The van der Waals surface area contributed by atoms with E-state index < -0.39 is 0 Å². The normalized spacial score (nSPS) is 10.0. The van der Waals surface area contributed by atoms with Crippen molar-refractivity contribution in [3.8, 4) is 17.4 Å². The minimum atomic E-state index is -0.112. The number of nitrogens with zero attached hydrogens (tertiary/aromatic N) is 2. The maximum absolute atomic E-state index is 11.8. The zero-order valence-electron chi connectivity index (χ0n) is 12.2. The van der Waals surface area contributed by atoms with Crippen molar-refractivity contribution >= 4 is 11.6 Å². The first-order chi connectivity index (χ1) is 10.0. The molecule has 0 unspecified atom stereocenters. The van der Waals surface area contributed by atoms with Crippen LogP contribution in [0.2, 0.25) is 0 Å². The first-order valence-corrected chi connectivity index (χ1v) is 6.30. The molecule has 0 aliphatic carbocycles. The molecule has 0 saturated carbocycles. The minimum Gasteiger partial charge on any atom is -0.493 e. The van der Waals surface area contributed by atoms with Gasteiger partial charge in [0.05, 0.1) is 12.7 Å². The van der Waals surface area contributed by atoms with Crippen molar-refractivity contribution in [3.63, 3.8) is 0 Å². The van der Waals surface area contributed by atoms with Crippen molar-refractivity contribution in [1.82, 2.24) is 9.88 Å². The maximum atomic E-state index is 11.8. The van der Waals surface area contributed by atoms with E-state index in [4.69, 9.17) is 15.2 Å². The van der Waals surface area contributed by atoms with Gasteiger partial charge in [0, 0.05) is 38.1 Å². The monoisotopic (exact) mass is 287 g/mol. The van der Waals surface area contributed by atoms with Gasteiger partial charge >= 0.3 is 0 Å². The molecule has 2 aromatic rings. The van der Waals surface area contributed by atoms with Crippen LogP contribution in [0.5, 0.6) is 17.4 Å². The summed E-state index contributed by atoms with van der Waals surface area (Å²) in [4.78, 5) is 17.4. The van der Waals surface area contributed by atoms with Crippen molar-refractivity contribution in [3.05, 3.63) is 42.1 Å². The smallest absolute Gasteiger partial charge is 0.254 e. The third-order valence-electron chi connectivity index (χ3n) is 2.79. The fraction of sp³-hybridized carbons (Fsp3) is 0.200. The maximum Gasteiger partial charge on any atom is 0.254 e. The fourth-order valence-corrected chi connectivity index (χ4v) is 1.71. The van der Waals surface area contributed by atoms with Crippen molar-refractivity contribution in [1.29, 1.82) is 0 Å². The lowest BCUT2D eigenvalue weighted by molar-refractivity contribution is 0.0827. The predicted octanol–water partition coefficient (Wildman–Crippen LogP) is 2.17. The standard InChI is InChI=1S/C15H17N3O3/c1-18(2)15(19)10-4-7-14(17-9-10)21-12-6-5-11(16)8-13(12)20-3/h4-9H,16H2,1-3H3. The molecule has 2 N–H and O–H groups in total. The number of benzene rings is 1. The SMILES string of the molecule is COc1cc(N)ccc1Oc1ccc(C(=O)N(C)C)cn1. The fourth-order valence-electron chi connectivity index (χ4n) is 1.71. The van der Waals surface area contributed by atoms with Crippen LogP contribution in [0.25, 0.3) is 0 Å². The van der Waals surface area contributed by atoms with Gasteiger partial charge in [-0.25, -0.2) is 4.98 Å². The van der Waals surface area contributed by atoms with Gasteiger partial charge in [0.2, 0.25) is 5.88 Å². The second kappa shape index (κ2) is 6.13. The summed E-state index contributed by atoms with van der Waals surface area (Å²) in [5, 5.41) is 0. The van der Waals surface area contributed by atoms with Gasteiger partial charge in [-0.15, -0.1) is 0 Å². The Morgan fingerprint density at radius 2 is 1.95 bits per heavy atom. The summed E-state index contributed by atoms with van der Waals surface area (Å²) in [6, 6.07) is 8.37. The van der Waals surface area contributed by atoms with Gasteiger partial charge in [0.1, 0.15) is 0 Å². The molecule has 2 rings (SSSR count). The lowest BCUT2D eigenvalue weighted by Crippen LogP contribution is -2.21. The number of carbonyl (C=O) groups is 1. The Balaban J connectivity index is 2.19. The third kappa shape index (κ3) is 3.42. The molecule has 0 aliphatic heterocycles. The molecule has 6 heteroatoms. The van der Waals surface area contributed by atoms with E-state index in [1.165, 1.54) is 18.2 Å². The van der Waals surface area contributed by atoms with Gasteiger partial charge < -0.3 is 20.1 Å². The van der Waals surface area contributed by atoms with Crippen molar-refractivity contribution < 1.29 is 14.3 Å². The Labute approximate surface area is 123 Å². The molecular formula is C15H17N3O3. The highest BCUT2D eigenvalue weighted by Crippen LogP contribution is 2.32. The number of pyridine rings is 1. The Hall–Kier alpha value is -2.76. The second-order valence-electron chi connectivity index (χ2n) is 4.60. The molecule has 0 atom stereocenters. The summed E-state index contributed by atoms with van der Waals surface area (Å²) in [6.07, 6.45) is 1.47. The molecule has 0 aliphatic rings. The number of amides is 1. The van der Waals surface area contributed by atoms with E-state index >= 15 is 0 Å². The highest BCUT2D eigenvalue weighted by molar-refractivity contribution is 5.93. The number of nitrogens with two attached hydrogens (primary N) is 1. The Bertz CT molecular complexity index is 639. The molecule has 1 amide bonds. The summed E-state index contributed by atoms with van der Waals surface area (Å²) in [6.45, 7) is 0. The number of anilines is 1. The number of hydrogen-bond acceptors (Lipinski definition) is 5. The Morgan fingerprint density at radius 3 is 2.52 bits per heavy atom. The number of aromatic nitrogens is 1. The van der Waals surface area contributed by atoms with Crippen LogP contribution in [0.1, 0.15) is 10.4 Å². The molecule has 0 radical (unpaired) electrons.